The van der Waals surface area contributed by atoms with Gasteiger partial charge in [-0.05, 0) is 42.5 Å². The lowest BCUT2D eigenvalue weighted by atomic mass is 10.0. The maximum atomic E-state index is 13.3. The van der Waals surface area contributed by atoms with E-state index in [-0.39, 0.29) is 36.5 Å². The van der Waals surface area contributed by atoms with Crippen LogP contribution in [0, 0.1) is 0 Å². The molecular weight excluding hydrogens is 492 g/mol. The molecule has 3 aliphatic rings. The van der Waals surface area contributed by atoms with Gasteiger partial charge in [0.25, 0.3) is 11.8 Å². The molecule has 1 unspecified atom stereocenters. The Bertz CT molecular complexity index is 1570. The summed E-state index contributed by atoms with van der Waals surface area (Å²) in [5.74, 6) is -1.47. The fraction of sp³-hybridized carbons (Fsp3) is 0.269. The highest BCUT2D eigenvalue weighted by atomic mass is 16.5. The van der Waals surface area contributed by atoms with Crippen molar-refractivity contribution in [3.8, 4) is 22.5 Å². The number of nitrogens with one attached hydrogen (secondary N) is 2. The van der Waals surface area contributed by atoms with Crippen molar-refractivity contribution in [2.45, 2.75) is 38.3 Å². The number of carbonyl (C=O) groups is 4. The molecule has 0 spiro atoms. The Morgan fingerprint density at radius 3 is 2.61 bits per heavy atom. The van der Waals surface area contributed by atoms with E-state index >= 15 is 0 Å². The molecule has 2 N–H and O–H groups in total. The molecule has 192 valence electrons. The summed E-state index contributed by atoms with van der Waals surface area (Å²) in [6.07, 6.45) is 2.86. The minimum atomic E-state index is -1.01. The van der Waals surface area contributed by atoms with Crippen molar-refractivity contribution in [1.29, 1.82) is 0 Å². The summed E-state index contributed by atoms with van der Waals surface area (Å²) in [5, 5.41) is 6.30. The van der Waals surface area contributed by atoms with E-state index in [0.29, 0.717) is 36.3 Å². The number of pyridine rings is 1. The molecule has 1 saturated heterocycles. The van der Waals surface area contributed by atoms with Crippen LogP contribution < -0.4 is 10.9 Å². The predicted octanol–water partition coefficient (Wildman–Crippen LogP) is 1.12. The molecule has 12 heteroatoms. The molecule has 1 fully saturated rings. The lowest BCUT2D eigenvalue weighted by Crippen LogP contribution is -2.55. The van der Waals surface area contributed by atoms with Gasteiger partial charge in [-0.3, -0.25) is 34.2 Å². The Morgan fingerprint density at radius 1 is 0.974 bits per heavy atom. The van der Waals surface area contributed by atoms with Crippen molar-refractivity contribution in [2.75, 3.05) is 6.54 Å². The second kappa shape index (κ2) is 9.21. The molecule has 4 amide bonds. The maximum absolute atomic E-state index is 13.3. The van der Waals surface area contributed by atoms with Gasteiger partial charge in [-0.1, -0.05) is 23.4 Å². The highest BCUT2D eigenvalue weighted by molar-refractivity contribution is 6.21. The van der Waals surface area contributed by atoms with Gasteiger partial charge >= 0.3 is 0 Å². The van der Waals surface area contributed by atoms with Gasteiger partial charge in [-0.2, -0.15) is 4.98 Å². The minimum absolute atomic E-state index is 0.0655. The number of H-pyrrole nitrogens is 1. The molecule has 1 aromatic carbocycles. The first-order valence-electron chi connectivity index (χ1n) is 12.2. The summed E-state index contributed by atoms with van der Waals surface area (Å²) < 4.78 is 5.48. The number of hydrogen-bond acceptors (Lipinski definition) is 9. The van der Waals surface area contributed by atoms with E-state index in [1.807, 2.05) is 24.3 Å². The van der Waals surface area contributed by atoms with Gasteiger partial charge in [-0.15, -0.1) is 0 Å². The topological polar surface area (TPSA) is 159 Å². The van der Waals surface area contributed by atoms with Crippen LogP contribution in [0.1, 0.15) is 31.6 Å². The van der Waals surface area contributed by atoms with E-state index in [1.54, 1.807) is 17.2 Å². The number of aromatic amines is 1. The van der Waals surface area contributed by atoms with Gasteiger partial charge in [0.15, 0.2) is 0 Å². The number of carbonyl (C=O) groups excluding carboxylic acids is 4. The summed E-state index contributed by atoms with van der Waals surface area (Å²) in [4.78, 5) is 71.6. The zero-order chi connectivity index (χ0) is 26.4. The molecule has 0 aliphatic carbocycles. The predicted molar refractivity (Wildman–Crippen MR) is 130 cm³/mol. The van der Waals surface area contributed by atoms with Gasteiger partial charge in [0.05, 0.1) is 6.54 Å². The van der Waals surface area contributed by atoms with Gasteiger partial charge in [0.2, 0.25) is 29.1 Å². The number of amides is 4. The number of nitrogens with zero attached hydrogens (tertiary/aromatic N) is 4. The molecule has 12 nitrogen and oxygen atoms in total. The smallest absolute Gasteiger partial charge is 0.278 e. The number of hydrogen-bond donors (Lipinski definition) is 2. The highest BCUT2D eigenvalue weighted by Gasteiger charge is 2.48. The largest absolute Gasteiger partial charge is 0.357 e. The van der Waals surface area contributed by atoms with Crippen LogP contribution in [0.25, 0.3) is 22.5 Å². The fourth-order valence-electron chi connectivity index (χ4n) is 5.09. The van der Waals surface area contributed by atoms with Crippen LogP contribution in [0.5, 0.6) is 0 Å². The van der Waals surface area contributed by atoms with Crippen molar-refractivity contribution in [3.63, 3.8) is 0 Å². The van der Waals surface area contributed by atoms with Crippen molar-refractivity contribution < 1.29 is 23.7 Å². The van der Waals surface area contributed by atoms with Gasteiger partial charge in [0.1, 0.15) is 11.7 Å². The van der Waals surface area contributed by atoms with E-state index in [1.165, 1.54) is 6.07 Å². The second-order valence-corrected chi connectivity index (χ2v) is 9.33. The zero-order valence-corrected chi connectivity index (χ0v) is 20.1. The standard InChI is InChI=1S/C26H22N6O6/c33-19-8-6-16(12-27-19)14-3-1-4-15(11-14)23-29-21(38-30-23)13-31-10-2-5-17-22(31)26(37)32(25(17)36)18-7-9-20(34)28-24(18)35/h1,3-4,6,8,11-12,18H,2,5,7,9-10,13H2,(H,27,33)(H,28,34,35). The lowest BCUT2D eigenvalue weighted by Gasteiger charge is -2.29. The monoisotopic (exact) mass is 514 g/mol. The molecule has 0 bridgehead atoms. The van der Waals surface area contributed by atoms with Crippen LogP contribution in [0.3, 0.4) is 0 Å². The molecular formula is C26H22N6O6. The first kappa shape index (κ1) is 23.5. The van der Waals surface area contributed by atoms with Crippen molar-refractivity contribution in [3.05, 3.63) is 70.1 Å². The molecule has 38 heavy (non-hydrogen) atoms. The molecule has 5 heterocycles. The molecule has 1 atom stereocenters. The lowest BCUT2D eigenvalue weighted by molar-refractivity contribution is -0.150. The van der Waals surface area contributed by atoms with E-state index < -0.39 is 29.7 Å². The average molecular weight is 514 g/mol. The third kappa shape index (κ3) is 4.09. The summed E-state index contributed by atoms with van der Waals surface area (Å²) in [7, 11) is 0. The zero-order valence-electron chi connectivity index (χ0n) is 20.1. The normalized spacial score (nSPS) is 19.7. The Balaban J connectivity index is 1.22. The Hall–Kier alpha value is -4.87. The number of aromatic nitrogens is 3. The van der Waals surface area contributed by atoms with Crippen LogP contribution in [-0.2, 0) is 25.7 Å². The minimum Gasteiger partial charge on any atom is -0.357 e. The van der Waals surface area contributed by atoms with Gasteiger partial charge in [-0.25, -0.2) is 0 Å². The maximum Gasteiger partial charge on any atom is 0.278 e. The summed E-state index contributed by atoms with van der Waals surface area (Å²) in [6.45, 7) is 0.619. The van der Waals surface area contributed by atoms with E-state index in [0.717, 1.165) is 16.0 Å². The van der Waals surface area contributed by atoms with Crippen LogP contribution in [0.2, 0.25) is 0 Å². The van der Waals surface area contributed by atoms with Crippen LogP contribution in [0.4, 0.5) is 0 Å². The van der Waals surface area contributed by atoms with Crippen LogP contribution >= 0.6 is 0 Å². The third-order valence-corrected chi connectivity index (χ3v) is 6.91. The summed E-state index contributed by atoms with van der Waals surface area (Å²) in [6, 6.07) is 9.62. The fourth-order valence-corrected chi connectivity index (χ4v) is 5.09. The third-order valence-electron chi connectivity index (χ3n) is 6.91. The van der Waals surface area contributed by atoms with Crippen molar-refractivity contribution in [2.24, 2.45) is 0 Å². The van der Waals surface area contributed by atoms with Crippen LogP contribution in [0.15, 0.2) is 63.2 Å². The second-order valence-electron chi connectivity index (χ2n) is 9.33. The SMILES string of the molecule is O=C1CCC(N2C(=O)C3=C(C2=O)N(Cc2nc(-c4cccc(-c5ccc(=O)[nH]c5)c4)no2)CCC3)C(=O)N1. The first-order chi connectivity index (χ1) is 18.4. The molecule has 2 aromatic heterocycles. The highest BCUT2D eigenvalue weighted by Crippen LogP contribution is 2.35. The molecule has 0 radical (unpaired) electrons. The van der Waals surface area contributed by atoms with Crippen molar-refractivity contribution in [1.82, 2.24) is 30.2 Å². The molecule has 3 aromatic rings. The number of rotatable bonds is 5. The Kier molecular flexibility index (Phi) is 5.70. The van der Waals surface area contributed by atoms with E-state index in [4.69, 9.17) is 4.52 Å². The van der Waals surface area contributed by atoms with Crippen LogP contribution in [-0.4, -0.2) is 61.1 Å². The number of imide groups is 2. The molecule has 0 saturated carbocycles. The number of benzene rings is 1. The van der Waals surface area contributed by atoms with Crippen molar-refractivity contribution >= 4 is 23.6 Å². The molecule has 3 aliphatic heterocycles. The summed E-state index contributed by atoms with van der Waals surface area (Å²) >= 11 is 0. The quantitative estimate of drug-likeness (QED) is 0.476. The summed E-state index contributed by atoms with van der Waals surface area (Å²) in [5.41, 5.74) is 2.81. The Labute approximate surface area is 215 Å². The van der Waals surface area contributed by atoms with Gasteiger partial charge in [0, 0.05) is 36.4 Å². The van der Waals surface area contributed by atoms with E-state index in [2.05, 4.69) is 20.4 Å². The van der Waals surface area contributed by atoms with E-state index in [9.17, 15) is 24.0 Å². The molecule has 6 rings (SSSR count). The van der Waals surface area contributed by atoms with Gasteiger partial charge < -0.3 is 14.4 Å². The average Bonchev–Trinajstić information content (AvgIpc) is 3.48. The first-order valence-corrected chi connectivity index (χ1v) is 12.2. The number of piperidine rings is 1. The Morgan fingerprint density at radius 2 is 1.82 bits per heavy atom.